The van der Waals surface area contributed by atoms with Crippen molar-refractivity contribution in [3.05, 3.63) is 65.7 Å². The Kier molecular flexibility index (Phi) is 9.53. The number of hydrogen-bond acceptors (Lipinski definition) is 4. The topological polar surface area (TPSA) is 67.8 Å². The molecule has 0 saturated carbocycles. The van der Waals surface area contributed by atoms with Gasteiger partial charge in [0.15, 0.2) is 0 Å². The molecular formula is C26H37NO4. The number of hydrogen-bond donors (Lipinski definition) is 2. The Morgan fingerprint density at radius 2 is 1.68 bits per heavy atom. The van der Waals surface area contributed by atoms with Crippen molar-refractivity contribution in [2.24, 2.45) is 5.92 Å². The molecule has 2 aromatic carbocycles. The highest BCUT2D eigenvalue weighted by atomic mass is 16.5. The van der Waals surface area contributed by atoms with Crippen LogP contribution >= 0.6 is 0 Å². The van der Waals surface area contributed by atoms with E-state index in [-0.39, 0.29) is 12.5 Å². The minimum atomic E-state index is -1.15. The summed E-state index contributed by atoms with van der Waals surface area (Å²) in [5.74, 6) is 0.644. The van der Waals surface area contributed by atoms with Gasteiger partial charge in [0.1, 0.15) is 5.75 Å². The molecule has 1 amide bonds. The summed E-state index contributed by atoms with van der Waals surface area (Å²) in [5, 5.41) is 13.8. The van der Waals surface area contributed by atoms with E-state index in [4.69, 9.17) is 9.47 Å². The van der Waals surface area contributed by atoms with E-state index in [9.17, 15) is 9.90 Å². The third-order valence-electron chi connectivity index (χ3n) is 5.37. The van der Waals surface area contributed by atoms with Gasteiger partial charge in [0.25, 0.3) is 0 Å². The van der Waals surface area contributed by atoms with Crippen molar-refractivity contribution in [2.75, 3.05) is 20.3 Å². The van der Waals surface area contributed by atoms with Crippen LogP contribution in [0.25, 0.3) is 0 Å². The summed E-state index contributed by atoms with van der Waals surface area (Å²) in [4.78, 5) is 13.1. The number of benzene rings is 2. The molecular weight excluding hydrogens is 390 g/mol. The molecule has 0 heterocycles. The summed E-state index contributed by atoms with van der Waals surface area (Å²) in [6, 6.07) is 16.5. The molecule has 3 atom stereocenters. The highest BCUT2D eigenvalue weighted by molar-refractivity contribution is 5.84. The lowest BCUT2D eigenvalue weighted by molar-refractivity contribution is -0.126. The van der Waals surface area contributed by atoms with Crippen molar-refractivity contribution in [1.82, 2.24) is 5.32 Å². The monoisotopic (exact) mass is 427 g/mol. The SMILES string of the molecule is CCCC(C)COc1ccc([C@@H](NC(=O)[C@@H](COC)c2ccccc2)C(C)(C)O)cc1. The normalized spacial score (nSPS) is 14.5. The van der Waals surface area contributed by atoms with E-state index in [1.54, 1.807) is 21.0 Å². The Bertz CT molecular complexity index is 783. The molecule has 5 nitrogen and oxygen atoms in total. The maximum Gasteiger partial charge on any atom is 0.230 e. The van der Waals surface area contributed by atoms with Gasteiger partial charge in [-0.25, -0.2) is 0 Å². The minimum Gasteiger partial charge on any atom is -0.493 e. The number of methoxy groups -OCH3 is 1. The number of carbonyl (C=O) groups excluding carboxylic acids is 1. The Balaban J connectivity index is 2.15. The van der Waals surface area contributed by atoms with Crippen molar-refractivity contribution in [1.29, 1.82) is 0 Å². The molecule has 0 aliphatic rings. The molecule has 0 aliphatic heterocycles. The van der Waals surface area contributed by atoms with Crippen LogP contribution in [0, 0.1) is 5.92 Å². The van der Waals surface area contributed by atoms with Crippen LogP contribution in [0.5, 0.6) is 5.75 Å². The number of carbonyl (C=O) groups is 1. The summed E-state index contributed by atoms with van der Waals surface area (Å²) in [5.41, 5.74) is 0.544. The Morgan fingerprint density at radius 1 is 1.03 bits per heavy atom. The molecule has 2 N–H and O–H groups in total. The van der Waals surface area contributed by atoms with Crippen molar-refractivity contribution in [3.63, 3.8) is 0 Å². The first-order chi connectivity index (χ1) is 14.8. The van der Waals surface area contributed by atoms with Gasteiger partial charge in [-0.05, 0) is 49.4 Å². The van der Waals surface area contributed by atoms with E-state index in [1.807, 2.05) is 54.6 Å². The molecule has 0 fully saturated rings. The van der Waals surface area contributed by atoms with Gasteiger partial charge >= 0.3 is 0 Å². The number of ether oxygens (including phenoxy) is 2. The molecule has 1 unspecified atom stereocenters. The minimum absolute atomic E-state index is 0.186. The first-order valence-electron chi connectivity index (χ1n) is 11.1. The predicted molar refractivity (Wildman–Crippen MR) is 124 cm³/mol. The van der Waals surface area contributed by atoms with Crippen molar-refractivity contribution < 1.29 is 19.4 Å². The molecule has 0 radical (unpaired) electrons. The van der Waals surface area contributed by atoms with Gasteiger partial charge < -0.3 is 19.9 Å². The number of rotatable bonds is 12. The van der Waals surface area contributed by atoms with Crippen LogP contribution < -0.4 is 10.1 Å². The summed E-state index contributed by atoms with van der Waals surface area (Å²) in [6.45, 7) is 8.68. The van der Waals surface area contributed by atoms with Crippen LogP contribution in [0.1, 0.15) is 63.6 Å². The van der Waals surface area contributed by atoms with Gasteiger partial charge in [-0.1, -0.05) is 62.7 Å². The summed E-state index contributed by atoms with van der Waals surface area (Å²) < 4.78 is 11.2. The second kappa shape index (κ2) is 11.9. The summed E-state index contributed by atoms with van der Waals surface area (Å²) in [6.07, 6.45) is 2.28. The smallest absolute Gasteiger partial charge is 0.230 e. The van der Waals surface area contributed by atoms with Crippen LogP contribution in [0.15, 0.2) is 54.6 Å². The zero-order chi connectivity index (χ0) is 22.9. The summed E-state index contributed by atoms with van der Waals surface area (Å²) in [7, 11) is 1.58. The highest BCUT2D eigenvalue weighted by Crippen LogP contribution is 2.29. The van der Waals surface area contributed by atoms with E-state index in [0.717, 1.165) is 29.7 Å². The average Bonchev–Trinajstić information content (AvgIpc) is 2.74. The van der Waals surface area contributed by atoms with E-state index in [1.165, 1.54) is 0 Å². The van der Waals surface area contributed by atoms with Crippen molar-refractivity contribution >= 4 is 5.91 Å². The Hall–Kier alpha value is -2.37. The lowest BCUT2D eigenvalue weighted by Gasteiger charge is -2.32. The molecule has 2 rings (SSSR count). The second-order valence-corrected chi connectivity index (χ2v) is 8.79. The van der Waals surface area contributed by atoms with Gasteiger partial charge in [0.2, 0.25) is 5.91 Å². The molecule has 170 valence electrons. The average molecular weight is 428 g/mol. The molecule has 31 heavy (non-hydrogen) atoms. The van der Waals surface area contributed by atoms with Gasteiger partial charge in [-0.15, -0.1) is 0 Å². The quantitative estimate of drug-likeness (QED) is 0.508. The molecule has 0 aromatic heterocycles. The van der Waals surface area contributed by atoms with Crippen molar-refractivity contribution in [2.45, 2.75) is 58.1 Å². The van der Waals surface area contributed by atoms with Gasteiger partial charge in [-0.2, -0.15) is 0 Å². The van der Waals surface area contributed by atoms with Crippen LogP contribution in [-0.4, -0.2) is 36.9 Å². The third kappa shape index (κ3) is 7.67. The highest BCUT2D eigenvalue weighted by Gasteiger charge is 2.32. The number of nitrogens with one attached hydrogen (secondary N) is 1. The molecule has 0 bridgehead atoms. The van der Waals surface area contributed by atoms with Crippen LogP contribution in [0.3, 0.4) is 0 Å². The lowest BCUT2D eigenvalue weighted by atomic mass is 9.90. The maximum absolute atomic E-state index is 13.1. The fourth-order valence-electron chi connectivity index (χ4n) is 3.66. The fraction of sp³-hybridized carbons (Fsp3) is 0.500. The van der Waals surface area contributed by atoms with E-state index >= 15 is 0 Å². The van der Waals surface area contributed by atoms with E-state index in [0.29, 0.717) is 12.5 Å². The van der Waals surface area contributed by atoms with Gasteiger partial charge in [0.05, 0.1) is 30.8 Å². The third-order valence-corrected chi connectivity index (χ3v) is 5.37. The van der Waals surface area contributed by atoms with Gasteiger partial charge in [-0.3, -0.25) is 4.79 Å². The van der Waals surface area contributed by atoms with Gasteiger partial charge in [0, 0.05) is 7.11 Å². The predicted octanol–water partition coefficient (Wildman–Crippen LogP) is 4.86. The van der Waals surface area contributed by atoms with Crippen LogP contribution in [0.2, 0.25) is 0 Å². The maximum atomic E-state index is 13.1. The fourth-order valence-corrected chi connectivity index (χ4v) is 3.66. The zero-order valence-corrected chi connectivity index (χ0v) is 19.4. The largest absolute Gasteiger partial charge is 0.493 e. The molecule has 0 saturated heterocycles. The van der Waals surface area contributed by atoms with Crippen LogP contribution in [-0.2, 0) is 9.53 Å². The molecule has 5 heteroatoms. The lowest BCUT2D eigenvalue weighted by Crippen LogP contribution is -2.44. The zero-order valence-electron chi connectivity index (χ0n) is 19.4. The number of aliphatic hydroxyl groups is 1. The summed E-state index contributed by atoms with van der Waals surface area (Å²) >= 11 is 0. The van der Waals surface area contributed by atoms with E-state index in [2.05, 4.69) is 19.2 Å². The molecule has 0 spiro atoms. The van der Waals surface area contributed by atoms with E-state index < -0.39 is 17.6 Å². The first kappa shape index (κ1) is 24.9. The Labute approximate surface area is 186 Å². The Morgan fingerprint density at radius 3 is 2.23 bits per heavy atom. The first-order valence-corrected chi connectivity index (χ1v) is 11.1. The van der Waals surface area contributed by atoms with Crippen molar-refractivity contribution in [3.8, 4) is 5.75 Å². The molecule has 2 aromatic rings. The second-order valence-electron chi connectivity index (χ2n) is 8.79. The van der Waals surface area contributed by atoms with Crippen LogP contribution in [0.4, 0.5) is 0 Å². The standard InChI is InChI=1S/C26H37NO4/c1-6-10-19(2)17-31-22-15-13-21(14-16-22)24(26(3,4)29)27-25(28)23(18-30-5)20-11-8-7-9-12-20/h7-9,11-16,19,23-24,29H,6,10,17-18H2,1-5H3,(H,27,28)/t19?,23-,24+/m0/s1. The number of amides is 1. The molecule has 0 aliphatic carbocycles.